The van der Waals surface area contributed by atoms with Crippen molar-refractivity contribution < 1.29 is 0 Å². The second-order valence-electron chi connectivity index (χ2n) is 2.99. The predicted molar refractivity (Wildman–Crippen MR) is 62.5 cm³/mol. The van der Waals surface area contributed by atoms with Gasteiger partial charge in [0.2, 0.25) is 10.1 Å². The number of thiophene rings is 1. The molecule has 0 atom stereocenters. The van der Waals surface area contributed by atoms with Crippen LogP contribution in [-0.4, -0.2) is 14.6 Å². The summed E-state index contributed by atoms with van der Waals surface area (Å²) in [5.41, 5.74) is 0. The van der Waals surface area contributed by atoms with Crippen LogP contribution in [0.3, 0.4) is 0 Å². The van der Waals surface area contributed by atoms with E-state index in [-0.39, 0.29) is 0 Å². The zero-order valence-corrected chi connectivity index (χ0v) is 9.38. The molecule has 0 saturated carbocycles. The minimum Gasteiger partial charge on any atom is -0.355 e. The molecule has 0 bridgehead atoms. The van der Waals surface area contributed by atoms with Crippen LogP contribution in [0.2, 0.25) is 0 Å². The topological polar surface area (TPSA) is 42.2 Å². The van der Waals surface area contributed by atoms with E-state index in [9.17, 15) is 0 Å². The van der Waals surface area contributed by atoms with Gasteiger partial charge in [0.15, 0.2) is 0 Å². The summed E-state index contributed by atoms with van der Waals surface area (Å²) in [5.74, 6) is 0. The monoisotopic (exact) mass is 236 g/mol. The fourth-order valence-electron chi connectivity index (χ4n) is 1.28. The summed E-state index contributed by atoms with van der Waals surface area (Å²) in [5, 5.41) is 10.6. The van der Waals surface area contributed by atoms with Crippen LogP contribution in [0.5, 0.6) is 0 Å². The number of imidazole rings is 1. The zero-order chi connectivity index (χ0) is 10.1. The third-order valence-corrected chi connectivity index (χ3v) is 3.74. The fourth-order valence-corrected chi connectivity index (χ4v) is 2.68. The molecule has 0 aliphatic rings. The second kappa shape index (κ2) is 3.63. The number of anilines is 1. The molecular weight excluding hydrogens is 228 g/mol. The van der Waals surface area contributed by atoms with Crippen LogP contribution in [0.25, 0.3) is 4.96 Å². The standard InChI is InChI=1S/C9H8N4S2/c1-2-7(14-5-1)6-11-8-12-13-4-3-10-9(13)15-8/h1-5H,6H2,(H,11,12). The van der Waals surface area contributed by atoms with E-state index in [1.54, 1.807) is 33.4 Å². The molecule has 3 aromatic heterocycles. The van der Waals surface area contributed by atoms with Gasteiger partial charge in [-0.3, -0.25) is 0 Å². The lowest BCUT2D eigenvalue weighted by molar-refractivity contribution is 0.964. The van der Waals surface area contributed by atoms with Crippen LogP contribution < -0.4 is 5.32 Å². The van der Waals surface area contributed by atoms with Crippen molar-refractivity contribution in [2.24, 2.45) is 0 Å². The molecule has 0 saturated heterocycles. The molecule has 0 radical (unpaired) electrons. The van der Waals surface area contributed by atoms with Gasteiger partial charge in [-0.1, -0.05) is 17.4 Å². The number of hydrogen-bond acceptors (Lipinski definition) is 5. The first-order valence-corrected chi connectivity index (χ1v) is 6.18. The highest BCUT2D eigenvalue weighted by Gasteiger charge is 2.03. The maximum atomic E-state index is 4.34. The Morgan fingerprint density at radius 1 is 1.47 bits per heavy atom. The average Bonchev–Trinajstić information content (AvgIpc) is 2.91. The summed E-state index contributed by atoms with van der Waals surface area (Å²) in [4.78, 5) is 6.39. The van der Waals surface area contributed by atoms with E-state index in [2.05, 4.69) is 32.9 Å². The zero-order valence-electron chi connectivity index (χ0n) is 7.75. The van der Waals surface area contributed by atoms with Crippen LogP contribution in [0, 0.1) is 0 Å². The summed E-state index contributed by atoms with van der Waals surface area (Å²) >= 11 is 3.30. The van der Waals surface area contributed by atoms with E-state index in [1.165, 1.54) is 4.88 Å². The molecule has 0 spiro atoms. The van der Waals surface area contributed by atoms with Crippen LogP contribution in [0.1, 0.15) is 4.88 Å². The maximum absolute atomic E-state index is 4.34. The highest BCUT2D eigenvalue weighted by atomic mass is 32.1. The van der Waals surface area contributed by atoms with E-state index < -0.39 is 0 Å². The minimum absolute atomic E-state index is 0.828. The van der Waals surface area contributed by atoms with Gasteiger partial charge in [-0.2, -0.15) is 0 Å². The van der Waals surface area contributed by atoms with Crippen LogP contribution in [0.4, 0.5) is 5.13 Å². The van der Waals surface area contributed by atoms with Crippen LogP contribution in [0.15, 0.2) is 29.9 Å². The van der Waals surface area contributed by atoms with Crippen LogP contribution >= 0.6 is 22.7 Å². The molecule has 6 heteroatoms. The third kappa shape index (κ3) is 1.73. The molecule has 0 aromatic carbocycles. The minimum atomic E-state index is 0.828. The molecule has 0 fully saturated rings. The Bertz CT molecular complexity index is 523. The number of nitrogens with one attached hydrogen (secondary N) is 1. The Morgan fingerprint density at radius 3 is 3.27 bits per heavy atom. The SMILES string of the molecule is c1csc(CNc2nn3ccnc3s2)c1. The Kier molecular flexibility index (Phi) is 2.15. The summed E-state index contributed by atoms with van der Waals surface area (Å²) < 4.78 is 1.78. The lowest BCUT2D eigenvalue weighted by Gasteiger charge is -1.97. The number of nitrogens with zero attached hydrogens (tertiary/aromatic N) is 3. The Hall–Kier alpha value is -1.40. The molecule has 0 aliphatic carbocycles. The molecule has 3 aromatic rings. The van der Waals surface area contributed by atoms with E-state index in [1.807, 2.05) is 6.20 Å². The molecule has 4 nitrogen and oxygen atoms in total. The Morgan fingerprint density at radius 2 is 2.47 bits per heavy atom. The Labute approximate surface area is 94.2 Å². The van der Waals surface area contributed by atoms with Crippen molar-refractivity contribution in [1.82, 2.24) is 14.6 Å². The summed E-state index contributed by atoms with van der Waals surface area (Å²) in [6.45, 7) is 0.828. The van der Waals surface area contributed by atoms with E-state index in [0.29, 0.717) is 0 Å². The van der Waals surface area contributed by atoms with Gasteiger partial charge in [-0.15, -0.1) is 16.4 Å². The molecule has 15 heavy (non-hydrogen) atoms. The van der Waals surface area contributed by atoms with Crippen molar-refractivity contribution in [3.63, 3.8) is 0 Å². The average molecular weight is 236 g/mol. The quantitative estimate of drug-likeness (QED) is 0.759. The second-order valence-corrected chi connectivity index (χ2v) is 4.98. The van der Waals surface area contributed by atoms with Crippen molar-refractivity contribution in [1.29, 1.82) is 0 Å². The van der Waals surface area contributed by atoms with Crippen molar-refractivity contribution in [2.75, 3.05) is 5.32 Å². The first-order valence-electron chi connectivity index (χ1n) is 4.48. The van der Waals surface area contributed by atoms with E-state index in [4.69, 9.17) is 0 Å². The predicted octanol–water partition coefficient (Wildman–Crippen LogP) is 2.46. The molecule has 0 aliphatic heterocycles. The van der Waals surface area contributed by atoms with E-state index in [0.717, 1.165) is 16.6 Å². The number of hydrogen-bond donors (Lipinski definition) is 1. The molecular formula is C9H8N4S2. The van der Waals surface area contributed by atoms with Gasteiger partial charge < -0.3 is 5.32 Å². The van der Waals surface area contributed by atoms with Crippen molar-refractivity contribution in [3.8, 4) is 0 Å². The van der Waals surface area contributed by atoms with Crippen molar-refractivity contribution in [3.05, 3.63) is 34.8 Å². The van der Waals surface area contributed by atoms with Gasteiger partial charge in [-0.05, 0) is 11.4 Å². The first-order chi connectivity index (χ1) is 7.42. The summed E-state index contributed by atoms with van der Waals surface area (Å²) in [7, 11) is 0. The molecule has 1 N–H and O–H groups in total. The largest absolute Gasteiger partial charge is 0.355 e. The summed E-state index contributed by atoms with van der Waals surface area (Å²) in [6, 6.07) is 4.16. The highest BCUT2D eigenvalue weighted by molar-refractivity contribution is 7.20. The molecule has 3 rings (SSSR count). The smallest absolute Gasteiger partial charge is 0.213 e. The highest BCUT2D eigenvalue weighted by Crippen LogP contribution is 2.19. The van der Waals surface area contributed by atoms with Crippen molar-refractivity contribution >= 4 is 32.8 Å². The van der Waals surface area contributed by atoms with Gasteiger partial charge in [-0.25, -0.2) is 9.50 Å². The van der Waals surface area contributed by atoms with Gasteiger partial charge >= 0.3 is 0 Å². The van der Waals surface area contributed by atoms with Crippen molar-refractivity contribution in [2.45, 2.75) is 6.54 Å². The van der Waals surface area contributed by atoms with Crippen LogP contribution in [-0.2, 0) is 6.54 Å². The van der Waals surface area contributed by atoms with E-state index >= 15 is 0 Å². The molecule has 0 unspecified atom stereocenters. The van der Waals surface area contributed by atoms with Gasteiger partial charge in [0.05, 0.1) is 12.7 Å². The normalized spacial score (nSPS) is 10.9. The number of aromatic nitrogens is 3. The van der Waals surface area contributed by atoms with Gasteiger partial charge in [0, 0.05) is 11.1 Å². The molecule has 3 heterocycles. The van der Waals surface area contributed by atoms with Gasteiger partial charge in [0.1, 0.15) is 0 Å². The first kappa shape index (κ1) is 8.87. The Balaban J connectivity index is 1.75. The molecule has 0 amide bonds. The fraction of sp³-hybridized carbons (Fsp3) is 0.111. The molecule has 76 valence electrons. The van der Waals surface area contributed by atoms with Gasteiger partial charge in [0.25, 0.3) is 0 Å². The third-order valence-electron chi connectivity index (χ3n) is 1.97. The summed E-state index contributed by atoms with van der Waals surface area (Å²) in [6.07, 6.45) is 3.60. The number of rotatable bonds is 3. The lowest BCUT2D eigenvalue weighted by atomic mass is 10.5. The maximum Gasteiger partial charge on any atom is 0.213 e. The number of fused-ring (bicyclic) bond motifs is 1. The lowest BCUT2D eigenvalue weighted by Crippen LogP contribution is -1.97.